The topological polar surface area (TPSA) is 52.7 Å². The van der Waals surface area contributed by atoms with Crippen LogP contribution in [0.5, 0.6) is 0 Å². The number of rotatable bonds is 5. The highest BCUT2D eigenvalue weighted by molar-refractivity contribution is 5.91. The lowest BCUT2D eigenvalue weighted by molar-refractivity contribution is -0.160. The fourth-order valence-electron chi connectivity index (χ4n) is 8.19. The summed E-state index contributed by atoms with van der Waals surface area (Å²) in [6.45, 7) is 3.62. The van der Waals surface area contributed by atoms with Gasteiger partial charge in [0.05, 0.1) is 5.41 Å². The van der Waals surface area contributed by atoms with Gasteiger partial charge < -0.3 is 10.2 Å². The molecule has 1 aromatic rings. The van der Waals surface area contributed by atoms with Crippen LogP contribution in [-0.4, -0.2) is 53.3 Å². The van der Waals surface area contributed by atoms with Crippen LogP contribution < -0.4 is 5.32 Å². The smallest absolute Gasteiger partial charge is 0.243 e. The van der Waals surface area contributed by atoms with E-state index in [2.05, 4.69) is 40.5 Å². The highest BCUT2D eigenvalue weighted by atomic mass is 16.2. The third-order valence-corrected chi connectivity index (χ3v) is 9.18. The van der Waals surface area contributed by atoms with E-state index in [0.717, 1.165) is 82.5 Å². The molecule has 1 N–H and O–H groups in total. The minimum absolute atomic E-state index is 0.0899. The van der Waals surface area contributed by atoms with Gasteiger partial charge in [0, 0.05) is 32.2 Å². The van der Waals surface area contributed by atoms with Crippen molar-refractivity contribution >= 4 is 11.8 Å². The van der Waals surface area contributed by atoms with Crippen LogP contribution in [0.15, 0.2) is 30.3 Å². The predicted molar refractivity (Wildman–Crippen MR) is 124 cm³/mol. The number of carbonyl (C=O) groups excluding carboxylic acids is 2. The van der Waals surface area contributed by atoms with Crippen molar-refractivity contribution in [2.45, 2.75) is 76.4 Å². The lowest BCUT2D eigenvalue weighted by atomic mass is 9.49. The summed E-state index contributed by atoms with van der Waals surface area (Å²) in [7, 11) is 0. The molecular weight excluding hydrogens is 398 g/mol. The molecule has 7 rings (SSSR count). The molecule has 4 aliphatic carbocycles. The molecule has 4 bridgehead atoms. The molecule has 0 radical (unpaired) electrons. The van der Waals surface area contributed by atoms with Crippen molar-refractivity contribution in [1.29, 1.82) is 0 Å². The Kier molecular flexibility index (Phi) is 5.28. The van der Waals surface area contributed by atoms with E-state index in [1.54, 1.807) is 0 Å². The average molecular weight is 436 g/mol. The summed E-state index contributed by atoms with van der Waals surface area (Å²) in [5.74, 6) is 2.69. The molecule has 2 saturated heterocycles. The second-order valence-electron chi connectivity index (χ2n) is 11.6. The van der Waals surface area contributed by atoms with E-state index in [9.17, 15) is 9.59 Å². The van der Waals surface area contributed by atoms with Gasteiger partial charge in [0.1, 0.15) is 6.04 Å². The Morgan fingerprint density at radius 1 is 0.938 bits per heavy atom. The summed E-state index contributed by atoms with van der Waals surface area (Å²) in [4.78, 5) is 31.6. The lowest BCUT2D eigenvalue weighted by Gasteiger charge is -2.56. The van der Waals surface area contributed by atoms with Crippen LogP contribution in [0.2, 0.25) is 0 Å². The molecule has 2 aliphatic heterocycles. The van der Waals surface area contributed by atoms with Gasteiger partial charge in [0.2, 0.25) is 11.8 Å². The highest BCUT2D eigenvalue weighted by Gasteiger charge is 2.56. The zero-order valence-electron chi connectivity index (χ0n) is 19.2. The minimum Gasteiger partial charge on any atom is -0.350 e. The largest absolute Gasteiger partial charge is 0.350 e. The van der Waals surface area contributed by atoms with Crippen molar-refractivity contribution in [3.8, 4) is 0 Å². The van der Waals surface area contributed by atoms with Crippen LogP contribution in [0.25, 0.3) is 0 Å². The maximum atomic E-state index is 13.8. The summed E-state index contributed by atoms with van der Waals surface area (Å²) in [6.07, 6.45) is 10.1. The number of benzene rings is 1. The highest BCUT2D eigenvalue weighted by Crippen LogP contribution is 2.60. The number of nitrogens with one attached hydrogen (secondary N) is 1. The monoisotopic (exact) mass is 435 g/mol. The third-order valence-electron chi connectivity index (χ3n) is 9.18. The van der Waals surface area contributed by atoms with Crippen LogP contribution in [0.3, 0.4) is 0 Å². The van der Waals surface area contributed by atoms with Crippen molar-refractivity contribution < 1.29 is 9.59 Å². The maximum absolute atomic E-state index is 13.8. The number of amides is 2. The summed E-state index contributed by atoms with van der Waals surface area (Å²) in [5.41, 5.74) is 1.18. The molecule has 32 heavy (non-hydrogen) atoms. The molecule has 0 aromatic heterocycles. The van der Waals surface area contributed by atoms with Crippen LogP contribution in [0.1, 0.15) is 63.4 Å². The van der Waals surface area contributed by atoms with Crippen LogP contribution in [-0.2, 0) is 16.1 Å². The Balaban J connectivity index is 1.08. The van der Waals surface area contributed by atoms with E-state index < -0.39 is 0 Å². The quantitative estimate of drug-likeness (QED) is 0.769. The average Bonchev–Trinajstić information content (AvgIpc) is 3.43. The van der Waals surface area contributed by atoms with E-state index in [1.165, 1.54) is 24.8 Å². The van der Waals surface area contributed by atoms with E-state index in [1.807, 2.05) is 4.90 Å². The van der Waals surface area contributed by atoms with Crippen LogP contribution in [0, 0.1) is 23.2 Å². The van der Waals surface area contributed by atoms with E-state index >= 15 is 0 Å². The minimum atomic E-state index is -0.251. The van der Waals surface area contributed by atoms with Gasteiger partial charge in [-0.25, -0.2) is 0 Å². The van der Waals surface area contributed by atoms with Crippen molar-refractivity contribution in [2.24, 2.45) is 23.2 Å². The fraction of sp³-hybridized carbons (Fsp3) is 0.704. The van der Waals surface area contributed by atoms with Crippen LogP contribution >= 0.6 is 0 Å². The second kappa shape index (κ2) is 8.16. The Labute approximate surface area is 191 Å². The van der Waals surface area contributed by atoms with E-state index in [0.29, 0.717) is 5.91 Å². The van der Waals surface area contributed by atoms with Gasteiger partial charge in [0.15, 0.2) is 0 Å². The first-order valence-electron chi connectivity index (χ1n) is 13.0. The van der Waals surface area contributed by atoms with Gasteiger partial charge in [-0.05, 0) is 81.1 Å². The molecular formula is C27H37N3O2. The Morgan fingerprint density at radius 2 is 1.62 bits per heavy atom. The van der Waals surface area contributed by atoms with Gasteiger partial charge in [-0.2, -0.15) is 0 Å². The Hall–Kier alpha value is -1.88. The summed E-state index contributed by atoms with van der Waals surface area (Å²) in [6, 6.07) is 10.5. The first-order valence-corrected chi connectivity index (χ1v) is 13.0. The molecule has 4 saturated carbocycles. The molecule has 172 valence electrons. The Morgan fingerprint density at radius 3 is 2.31 bits per heavy atom. The van der Waals surface area contributed by atoms with Gasteiger partial charge in [-0.3, -0.25) is 14.5 Å². The van der Waals surface area contributed by atoms with Crippen molar-refractivity contribution in [3.63, 3.8) is 0 Å². The zero-order chi connectivity index (χ0) is 21.7. The van der Waals surface area contributed by atoms with Gasteiger partial charge in [-0.1, -0.05) is 30.3 Å². The molecule has 2 amide bonds. The molecule has 2 heterocycles. The van der Waals surface area contributed by atoms with Crippen molar-refractivity contribution in [2.75, 3.05) is 19.6 Å². The molecule has 0 spiro atoms. The first-order chi connectivity index (χ1) is 15.6. The van der Waals surface area contributed by atoms with Gasteiger partial charge >= 0.3 is 0 Å². The number of likely N-dealkylation sites (tertiary alicyclic amines) is 2. The molecule has 6 fully saturated rings. The second-order valence-corrected chi connectivity index (χ2v) is 11.6. The van der Waals surface area contributed by atoms with E-state index in [-0.39, 0.29) is 23.4 Å². The molecule has 1 aromatic carbocycles. The predicted octanol–water partition coefficient (Wildman–Crippen LogP) is 3.58. The molecule has 5 heteroatoms. The number of hydrogen-bond acceptors (Lipinski definition) is 3. The SMILES string of the molecule is O=C(N[C@H]1CCN(Cc2ccccc2)C1)[C@H]1CCCN1C(=O)C12CC3CC(CC(C3)C1)C2. The Bertz CT molecular complexity index is 834. The molecule has 2 atom stereocenters. The number of hydrogen-bond donors (Lipinski definition) is 1. The van der Waals surface area contributed by atoms with Gasteiger partial charge in [-0.15, -0.1) is 0 Å². The fourth-order valence-corrected chi connectivity index (χ4v) is 8.19. The molecule has 5 nitrogen and oxygen atoms in total. The first kappa shape index (κ1) is 20.7. The standard InChI is InChI=1S/C27H37N3O2/c31-25(28-23-8-10-29(18-23)17-19-5-2-1-3-6-19)24-7-4-9-30(24)26(32)27-14-20-11-21(15-27)13-22(12-20)16-27/h1-3,5-6,20-24H,4,7-18H2,(H,28,31)/t20?,21?,22?,23-,24+,27?/m0/s1. The molecule has 0 unspecified atom stereocenters. The number of carbonyl (C=O) groups is 2. The normalized spacial score (nSPS) is 38.4. The van der Waals surface area contributed by atoms with Crippen molar-refractivity contribution in [1.82, 2.24) is 15.1 Å². The van der Waals surface area contributed by atoms with Crippen LogP contribution in [0.4, 0.5) is 0 Å². The van der Waals surface area contributed by atoms with Crippen molar-refractivity contribution in [3.05, 3.63) is 35.9 Å². The number of nitrogens with zero attached hydrogens (tertiary/aromatic N) is 2. The summed E-state index contributed by atoms with van der Waals surface area (Å²) < 4.78 is 0. The maximum Gasteiger partial charge on any atom is 0.243 e. The summed E-state index contributed by atoms with van der Waals surface area (Å²) in [5, 5.41) is 3.32. The summed E-state index contributed by atoms with van der Waals surface area (Å²) >= 11 is 0. The zero-order valence-corrected chi connectivity index (χ0v) is 19.2. The molecule has 6 aliphatic rings. The van der Waals surface area contributed by atoms with Gasteiger partial charge in [0.25, 0.3) is 0 Å². The lowest BCUT2D eigenvalue weighted by Crippen LogP contribution is -2.57. The third kappa shape index (κ3) is 3.76. The van der Waals surface area contributed by atoms with E-state index in [4.69, 9.17) is 0 Å².